The van der Waals surface area contributed by atoms with Gasteiger partial charge in [0.1, 0.15) is 0 Å². The van der Waals surface area contributed by atoms with Gasteiger partial charge < -0.3 is 0 Å². The summed E-state index contributed by atoms with van der Waals surface area (Å²) in [6, 6.07) is 5.16. The van der Waals surface area contributed by atoms with Crippen molar-refractivity contribution in [1.82, 2.24) is 0 Å². The van der Waals surface area contributed by atoms with Gasteiger partial charge in [-0.05, 0) is 70.6 Å². The quantitative estimate of drug-likeness (QED) is 0.571. The highest BCUT2D eigenvalue weighted by molar-refractivity contribution is 5.50. The zero-order valence-corrected chi connectivity index (χ0v) is 14.2. The molecule has 0 nitrogen and oxygen atoms in total. The molecule has 0 aromatic heterocycles. The molecule has 0 N–H and O–H groups in total. The van der Waals surface area contributed by atoms with Gasteiger partial charge in [-0.3, -0.25) is 0 Å². The van der Waals surface area contributed by atoms with Crippen LogP contribution in [0.1, 0.15) is 89.5 Å². The molecule has 0 aliphatic heterocycles. The summed E-state index contributed by atoms with van der Waals surface area (Å²) in [7, 11) is 0. The third-order valence-electron chi connectivity index (χ3n) is 6.05. The predicted molar refractivity (Wildman–Crippen MR) is 87.7 cm³/mol. The van der Waals surface area contributed by atoms with E-state index in [1.54, 1.807) is 22.3 Å². The second-order valence-electron chi connectivity index (χ2n) is 9.06. The first kappa shape index (κ1) is 14.2. The number of fused-ring (bicyclic) bond motifs is 2. The lowest BCUT2D eigenvalue weighted by Crippen LogP contribution is -2.35. The van der Waals surface area contributed by atoms with E-state index in [-0.39, 0.29) is 0 Å². The minimum Gasteiger partial charge on any atom is -0.0558 e. The largest absolute Gasteiger partial charge is 0.0558 e. The van der Waals surface area contributed by atoms with E-state index in [4.69, 9.17) is 0 Å². The minimum absolute atomic E-state index is 0.341. The highest BCUT2D eigenvalue weighted by Gasteiger charge is 2.39. The van der Waals surface area contributed by atoms with Gasteiger partial charge in [0.2, 0.25) is 0 Å². The standard InChI is InChI=1S/C20H30/c1-18(2)9-7-8-14-12-16-17(13-15(14)18)20(5,6)11-10-19(16,3)4/h12-13H,7-11H2,1-6H3. The van der Waals surface area contributed by atoms with Crippen molar-refractivity contribution in [2.45, 2.75) is 89.9 Å². The molecule has 0 amide bonds. The van der Waals surface area contributed by atoms with Crippen molar-refractivity contribution in [2.75, 3.05) is 0 Å². The van der Waals surface area contributed by atoms with Gasteiger partial charge in [-0.2, -0.15) is 0 Å². The Morgan fingerprint density at radius 1 is 0.650 bits per heavy atom. The molecule has 0 saturated heterocycles. The lowest BCUT2D eigenvalue weighted by atomic mass is 9.60. The highest BCUT2D eigenvalue weighted by Crippen LogP contribution is 2.49. The van der Waals surface area contributed by atoms with E-state index in [9.17, 15) is 0 Å². The maximum absolute atomic E-state index is 2.59. The van der Waals surface area contributed by atoms with Crippen molar-refractivity contribution < 1.29 is 0 Å². The van der Waals surface area contributed by atoms with E-state index in [0.717, 1.165) is 0 Å². The maximum Gasteiger partial charge on any atom is -0.0100 e. The molecule has 1 aromatic rings. The van der Waals surface area contributed by atoms with E-state index in [1.165, 1.54) is 32.1 Å². The van der Waals surface area contributed by atoms with E-state index < -0.39 is 0 Å². The molecule has 0 atom stereocenters. The smallest absolute Gasteiger partial charge is 0.0100 e. The summed E-state index contributed by atoms with van der Waals surface area (Å²) in [5.41, 5.74) is 7.57. The Bertz CT molecular complexity index is 543. The van der Waals surface area contributed by atoms with Crippen LogP contribution in [0.3, 0.4) is 0 Å². The molecule has 20 heavy (non-hydrogen) atoms. The van der Waals surface area contributed by atoms with Crippen LogP contribution in [0.4, 0.5) is 0 Å². The van der Waals surface area contributed by atoms with Crippen LogP contribution in [-0.4, -0.2) is 0 Å². The number of benzene rings is 1. The average Bonchev–Trinajstić information content (AvgIpc) is 2.34. The summed E-state index contributed by atoms with van der Waals surface area (Å²) in [5, 5.41) is 0. The molecule has 0 bridgehead atoms. The minimum atomic E-state index is 0.341. The molecule has 2 aliphatic rings. The van der Waals surface area contributed by atoms with Gasteiger partial charge in [-0.1, -0.05) is 53.7 Å². The Morgan fingerprint density at radius 2 is 1.15 bits per heavy atom. The van der Waals surface area contributed by atoms with Gasteiger partial charge >= 0.3 is 0 Å². The van der Waals surface area contributed by atoms with Gasteiger partial charge in [-0.25, -0.2) is 0 Å². The monoisotopic (exact) mass is 270 g/mol. The lowest BCUT2D eigenvalue weighted by Gasteiger charge is -2.44. The molecule has 1 aromatic carbocycles. The first-order chi connectivity index (χ1) is 9.13. The molecule has 3 rings (SSSR count). The highest BCUT2D eigenvalue weighted by atomic mass is 14.4. The second kappa shape index (κ2) is 4.12. The van der Waals surface area contributed by atoms with Crippen LogP contribution in [0.15, 0.2) is 12.1 Å². The second-order valence-corrected chi connectivity index (χ2v) is 9.06. The first-order valence-corrected chi connectivity index (χ1v) is 8.32. The molecule has 0 heterocycles. The number of hydrogen-bond acceptors (Lipinski definition) is 0. The van der Waals surface area contributed by atoms with Gasteiger partial charge in [0.15, 0.2) is 0 Å². The van der Waals surface area contributed by atoms with Crippen molar-refractivity contribution in [3.05, 3.63) is 34.4 Å². The van der Waals surface area contributed by atoms with E-state index >= 15 is 0 Å². The molecule has 2 aliphatic carbocycles. The van der Waals surface area contributed by atoms with Crippen LogP contribution in [0, 0.1) is 0 Å². The molecular weight excluding hydrogens is 240 g/mol. The lowest BCUT2D eigenvalue weighted by molar-refractivity contribution is 0.328. The van der Waals surface area contributed by atoms with Crippen LogP contribution in [0.2, 0.25) is 0 Å². The Hall–Kier alpha value is -0.780. The number of rotatable bonds is 0. The summed E-state index contributed by atoms with van der Waals surface area (Å²) >= 11 is 0. The topological polar surface area (TPSA) is 0 Å². The zero-order chi connectivity index (χ0) is 14.8. The average molecular weight is 270 g/mol. The third kappa shape index (κ3) is 2.03. The summed E-state index contributed by atoms with van der Waals surface area (Å²) in [6.07, 6.45) is 6.59. The Morgan fingerprint density at radius 3 is 1.75 bits per heavy atom. The molecule has 110 valence electrons. The molecule has 0 spiro atoms. The Kier molecular flexibility index (Phi) is 2.92. The maximum atomic E-state index is 2.59. The zero-order valence-electron chi connectivity index (χ0n) is 14.2. The van der Waals surface area contributed by atoms with Gasteiger partial charge in [0.25, 0.3) is 0 Å². The molecule has 0 radical (unpaired) electrons. The fourth-order valence-corrected chi connectivity index (χ4v) is 4.35. The summed E-state index contributed by atoms with van der Waals surface area (Å²) in [5.74, 6) is 0. The van der Waals surface area contributed by atoms with Crippen molar-refractivity contribution in [1.29, 1.82) is 0 Å². The van der Waals surface area contributed by atoms with E-state index in [0.29, 0.717) is 16.2 Å². The van der Waals surface area contributed by atoms with Crippen molar-refractivity contribution in [3.8, 4) is 0 Å². The van der Waals surface area contributed by atoms with Crippen LogP contribution < -0.4 is 0 Å². The van der Waals surface area contributed by atoms with Crippen LogP contribution in [0.5, 0.6) is 0 Å². The van der Waals surface area contributed by atoms with Gasteiger partial charge in [-0.15, -0.1) is 0 Å². The predicted octanol–water partition coefficient (Wildman–Crippen LogP) is 5.65. The summed E-state index contributed by atoms with van der Waals surface area (Å²) in [6.45, 7) is 14.6. The van der Waals surface area contributed by atoms with Crippen LogP contribution in [0.25, 0.3) is 0 Å². The Balaban J connectivity index is 2.26. The Labute approximate surface area is 125 Å². The molecule has 0 saturated carbocycles. The molecule has 0 unspecified atom stereocenters. The van der Waals surface area contributed by atoms with Crippen LogP contribution >= 0.6 is 0 Å². The normalized spacial score (nSPS) is 25.7. The third-order valence-corrected chi connectivity index (χ3v) is 6.05. The fraction of sp³-hybridized carbons (Fsp3) is 0.700. The first-order valence-electron chi connectivity index (χ1n) is 8.32. The van der Waals surface area contributed by atoms with Crippen molar-refractivity contribution >= 4 is 0 Å². The fourth-order valence-electron chi connectivity index (χ4n) is 4.35. The van der Waals surface area contributed by atoms with Gasteiger partial charge in [0.05, 0.1) is 0 Å². The molecule has 0 fully saturated rings. The SMILES string of the molecule is CC1(C)CCCc2cc3c(cc21)C(C)(C)CCC3(C)C. The molecular formula is C20H30. The molecule has 0 heteroatoms. The van der Waals surface area contributed by atoms with Crippen LogP contribution in [-0.2, 0) is 22.7 Å². The number of hydrogen-bond donors (Lipinski definition) is 0. The van der Waals surface area contributed by atoms with E-state index in [2.05, 4.69) is 53.7 Å². The summed E-state index contributed by atoms with van der Waals surface area (Å²) < 4.78 is 0. The van der Waals surface area contributed by atoms with E-state index in [1.807, 2.05) is 0 Å². The number of aryl methyl sites for hydroxylation is 1. The van der Waals surface area contributed by atoms with Crippen molar-refractivity contribution in [3.63, 3.8) is 0 Å². The summed E-state index contributed by atoms with van der Waals surface area (Å²) in [4.78, 5) is 0. The van der Waals surface area contributed by atoms with Gasteiger partial charge in [0, 0.05) is 0 Å². The van der Waals surface area contributed by atoms with Crippen molar-refractivity contribution in [2.24, 2.45) is 0 Å².